The number of aliphatic hydroxyl groups is 1. The van der Waals surface area contributed by atoms with Gasteiger partial charge in [-0.05, 0) is 75.4 Å². The minimum atomic E-state index is -1.29. The van der Waals surface area contributed by atoms with E-state index < -0.39 is 33.9 Å². The molecule has 1 aromatic carbocycles. The molecule has 198 valence electrons. The number of hydrogen-bond acceptors (Lipinski definition) is 6. The van der Waals surface area contributed by atoms with Crippen molar-refractivity contribution < 1.29 is 18.3 Å². The quantitative estimate of drug-likeness (QED) is 0.350. The van der Waals surface area contributed by atoms with E-state index in [9.17, 15) is 13.9 Å². The van der Waals surface area contributed by atoms with Gasteiger partial charge in [0.25, 0.3) is 0 Å². The molecule has 3 aromatic rings. The summed E-state index contributed by atoms with van der Waals surface area (Å²) < 4.78 is 44.5. The van der Waals surface area contributed by atoms with E-state index >= 15 is 4.39 Å². The molecule has 5 rings (SSSR count). The second-order valence-electron chi connectivity index (χ2n) is 10.9. The van der Waals surface area contributed by atoms with Crippen LogP contribution in [0, 0.1) is 17.0 Å². The molecule has 2 atom stereocenters. The zero-order chi connectivity index (χ0) is 27.6. The summed E-state index contributed by atoms with van der Waals surface area (Å²) in [7, 11) is 0. The van der Waals surface area contributed by atoms with Crippen molar-refractivity contribution in [3.05, 3.63) is 70.3 Å². The highest BCUT2D eigenvalue weighted by atomic mass is 19.1. The summed E-state index contributed by atoms with van der Waals surface area (Å²) in [6, 6.07) is 5.29. The number of aromatic nitrogens is 5. The van der Waals surface area contributed by atoms with E-state index in [-0.39, 0.29) is 40.4 Å². The molecule has 8 nitrogen and oxygen atoms in total. The van der Waals surface area contributed by atoms with E-state index in [1.165, 1.54) is 25.1 Å². The van der Waals surface area contributed by atoms with Crippen LogP contribution in [-0.4, -0.2) is 43.0 Å². The van der Waals surface area contributed by atoms with Gasteiger partial charge in [-0.2, -0.15) is 5.10 Å². The van der Waals surface area contributed by atoms with Crippen LogP contribution < -0.4 is 0 Å². The third kappa shape index (κ3) is 3.63. The van der Waals surface area contributed by atoms with Gasteiger partial charge in [0.05, 0.1) is 28.1 Å². The lowest BCUT2D eigenvalue weighted by Crippen LogP contribution is -2.38. The van der Waals surface area contributed by atoms with E-state index in [0.717, 1.165) is 5.56 Å². The number of aliphatic imine (C=N–C) groups is 2. The van der Waals surface area contributed by atoms with Crippen molar-refractivity contribution in [2.24, 2.45) is 15.4 Å². The highest BCUT2D eigenvalue weighted by Gasteiger charge is 2.66. The minimum absolute atomic E-state index is 0.0242. The van der Waals surface area contributed by atoms with E-state index in [1.807, 2.05) is 13.8 Å². The first kappa shape index (κ1) is 25.9. The minimum Gasteiger partial charge on any atom is -0.382 e. The Balaban J connectivity index is 1.67. The Hall–Kier alpha value is -3.73. The zero-order valence-electron chi connectivity index (χ0n) is 21.8. The Morgan fingerprint density at radius 2 is 1.89 bits per heavy atom. The van der Waals surface area contributed by atoms with Crippen molar-refractivity contribution in [1.29, 1.82) is 0 Å². The van der Waals surface area contributed by atoms with E-state index in [4.69, 9.17) is 0 Å². The molecule has 0 unspecified atom stereocenters. The van der Waals surface area contributed by atoms with Crippen LogP contribution in [0.5, 0.6) is 0 Å². The number of allylic oxidation sites excluding steroid dienone is 2. The van der Waals surface area contributed by atoms with Gasteiger partial charge in [0, 0.05) is 0 Å². The predicted octanol–water partition coefficient (Wildman–Crippen LogP) is 5.27. The number of amidine groups is 1. The van der Waals surface area contributed by atoms with Gasteiger partial charge >= 0.3 is 0 Å². The van der Waals surface area contributed by atoms with Crippen LogP contribution >= 0.6 is 0 Å². The smallest absolute Gasteiger partial charge is 0.219 e. The number of fused-ring (bicyclic) bond motifs is 5. The van der Waals surface area contributed by atoms with Crippen molar-refractivity contribution in [1.82, 2.24) is 25.4 Å². The first-order valence-electron chi connectivity index (χ1n) is 12.2. The number of benzene rings is 1. The summed E-state index contributed by atoms with van der Waals surface area (Å²) in [6.07, 6.45) is 1.23. The molecule has 0 aliphatic heterocycles. The maximum absolute atomic E-state index is 15.4. The Morgan fingerprint density at radius 1 is 1.21 bits per heavy atom. The molecule has 2 aliphatic carbocycles. The number of H-pyrrole nitrogens is 1. The first-order valence-corrected chi connectivity index (χ1v) is 12.2. The van der Waals surface area contributed by atoms with Crippen LogP contribution in [0.3, 0.4) is 0 Å². The molecule has 2 bridgehead atoms. The van der Waals surface area contributed by atoms with Crippen LogP contribution in [0.2, 0.25) is 0 Å². The van der Waals surface area contributed by atoms with Crippen LogP contribution in [0.25, 0.3) is 11.3 Å². The van der Waals surface area contributed by atoms with Crippen LogP contribution in [0.15, 0.2) is 45.8 Å². The Kier molecular flexibility index (Phi) is 5.90. The Bertz CT molecular complexity index is 1490. The molecule has 0 radical (unpaired) electrons. The van der Waals surface area contributed by atoms with Gasteiger partial charge in [-0.1, -0.05) is 19.9 Å². The van der Waals surface area contributed by atoms with Gasteiger partial charge in [0.15, 0.2) is 11.7 Å². The third-order valence-electron chi connectivity index (χ3n) is 7.96. The summed E-state index contributed by atoms with van der Waals surface area (Å²) >= 11 is 0. The molecule has 2 N–H and O–H groups in total. The first-order chi connectivity index (χ1) is 17.8. The Labute approximate surface area is 217 Å². The van der Waals surface area contributed by atoms with Crippen LogP contribution in [-0.2, 0) is 11.0 Å². The lowest BCUT2D eigenvalue weighted by molar-refractivity contribution is 0.0691. The monoisotopic (exact) mass is 523 g/mol. The second-order valence-corrected chi connectivity index (χ2v) is 10.9. The van der Waals surface area contributed by atoms with Crippen molar-refractivity contribution in [3.63, 3.8) is 0 Å². The van der Waals surface area contributed by atoms with E-state index in [1.54, 1.807) is 19.9 Å². The average Bonchev–Trinajstić information content (AvgIpc) is 3.48. The van der Waals surface area contributed by atoms with Crippen molar-refractivity contribution in [3.8, 4) is 11.3 Å². The molecule has 38 heavy (non-hydrogen) atoms. The van der Waals surface area contributed by atoms with Crippen molar-refractivity contribution in [2.75, 3.05) is 0 Å². The molecular formula is C27H28F3N7O. The molecule has 1 fully saturated rings. The number of aromatic amines is 1. The van der Waals surface area contributed by atoms with E-state index in [0.29, 0.717) is 18.5 Å². The van der Waals surface area contributed by atoms with Crippen molar-refractivity contribution >= 4 is 12.6 Å². The molecule has 2 aliphatic rings. The molecular weight excluding hydrogens is 495 g/mol. The standard InChI is InChI=1S/C27H28F3N7O/c1-13(28)20(32-22(31-6)23-33-24(37-36-23)26(4,5)38)27-11-10-15(25(27,2)3)14-12-18(34-35-21(14)27)19-16(29)8-7-9-17(19)30/h7-9,12,15,38H,6,10-11H2,1-5H3,(H,33,36,37)/b20-13+,32-22?/t15-,27-/m0/s1. The fourth-order valence-corrected chi connectivity index (χ4v) is 6.08. The van der Waals surface area contributed by atoms with Crippen LogP contribution in [0.4, 0.5) is 13.2 Å². The molecule has 0 saturated heterocycles. The molecule has 0 amide bonds. The fourth-order valence-electron chi connectivity index (χ4n) is 6.08. The number of rotatable bonds is 5. The van der Waals surface area contributed by atoms with Crippen molar-refractivity contribution in [2.45, 2.75) is 64.4 Å². The summed E-state index contributed by atoms with van der Waals surface area (Å²) in [6.45, 7) is 12.0. The summed E-state index contributed by atoms with van der Waals surface area (Å²) in [5.41, 5.74) is -1.64. The highest BCUT2D eigenvalue weighted by Crippen LogP contribution is 2.70. The van der Waals surface area contributed by atoms with Gasteiger partial charge in [-0.15, -0.1) is 10.2 Å². The third-order valence-corrected chi connectivity index (χ3v) is 7.96. The number of nitrogens with zero attached hydrogens (tertiary/aromatic N) is 6. The van der Waals surface area contributed by atoms with Gasteiger partial charge in [0.1, 0.15) is 23.1 Å². The molecule has 2 aromatic heterocycles. The SMILES string of the molecule is C=NC(=N/C(=C(\C)F)[C@@]12CC[C@@H](c3cc(-c4c(F)cccc4F)nnc31)C2(C)C)c1n[nH]c(C(C)(C)O)n1. The highest BCUT2D eigenvalue weighted by molar-refractivity contribution is 5.99. The lowest BCUT2D eigenvalue weighted by Gasteiger charge is -2.38. The maximum Gasteiger partial charge on any atom is 0.219 e. The van der Waals surface area contributed by atoms with Gasteiger partial charge < -0.3 is 5.11 Å². The maximum atomic E-state index is 15.4. The van der Waals surface area contributed by atoms with Crippen LogP contribution in [0.1, 0.15) is 76.3 Å². The van der Waals surface area contributed by atoms with E-state index in [2.05, 4.69) is 42.1 Å². The molecule has 0 spiro atoms. The molecule has 1 saturated carbocycles. The second kappa shape index (κ2) is 8.65. The average molecular weight is 524 g/mol. The Morgan fingerprint density at radius 3 is 2.47 bits per heavy atom. The number of hydrogen-bond donors (Lipinski definition) is 2. The molecule has 2 heterocycles. The fraction of sp³-hybridized carbons (Fsp3) is 0.407. The topological polar surface area (TPSA) is 112 Å². The lowest BCUT2D eigenvalue weighted by atomic mass is 9.66. The van der Waals surface area contributed by atoms with Gasteiger partial charge in [-0.25, -0.2) is 28.1 Å². The van der Waals surface area contributed by atoms with Gasteiger partial charge in [0.2, 0.25) is 5.82 Å². The summed E-state index contributed by atoms with van der Waals surface area (Å²) in [5.74, 6) is -1.87. The molecule has 11 heteroatoms. The number of halogens is 3. The summed E-state index contributed by atoms with van der Waals surface area (Å²) in [5, 5.41) is 25.6. The normalized spacial score (nSPS) is 22.9. The van der Waals surface area contributed by atoms with Gasteiger partial charge in [-0.3, -0.25) is 5.10 Å². The predicted molar refractivity (Wildman–Crippen MR) is 136 cm³/mol. The zero-order valence-corrected chi connectivity index (χ0v) is 21.8. The summed E-state index contributed by atoms with van der Waals surface area (Å²) in [4.78, 5) is 12.8. The largest absolute Gasteiger partial charge is 0.382 e. The number of nitrogens with one attached hydrogen (secondary N) is 1.